The van der Waals surface area contributed by atoms with Gasteiger partial charge in [0.25, 0.3) is 5.56 Å². The van der Waals surface area contributed by atoms with E-state index < -0.39 is 0 Å². The molecule has 0 atom stereocenters. The molecule has 2 heterocycles. The van der Waals surface area contributed by atoms with Crippen molar-refractivity contribution < 1.29 is 4.79 Å². The summed E-state index contributed by atoms with van der Waals surface area (Å²) in [6, 6.07) is 13.0. The number of carbonyl (C=O) groups excluding carboxylic acids is 1. The molecule has 0 saturated carbocycles. The lowest BCUT2D eigenvalue weighted by molar-refractivity contribution is 0.111. The number of benzene rings is 1. The highest BCUT2D eigenvalue weighted by molar-refractivity contribution is 5.78. The molecule has 4 nitrogen and oxygen atoms in total. The predicted octanol–water partition coefficient (Wildman–Crippen LogP) is 2.19. The second kappa shape index (κ2) is 4.57. The molecule has 0 bridgehead atoms. The van der Waals surface area contributed by atoms with Crippen molar-refractivity contribution in [2.45, 2.75) is 6.54 Å². The maximum Gasteiger partial charge on any atom is 0.253 e. The van der Waals surface area contributed by atoms with Crippen LogP contribution in [0.15, 0.2) is 53.5 Å². The molecule has 0 amide bonds. The van der Waals surface area contributed by atoms with Gasteiger partial charge in [0.05, 0.1) is 12.2 Å². The first-order valence-corrected chi connectivity index (χ1v) is 5.99. The highest BCUT2D eigenvalue weighted by atomic mass is 16.1. The Morgan fingerprint density at radius 2 is 2.00 bits per heavy atom. The van der Waals surface area contributed by atoms with Crippen LogP contribution in [-0.2, 0) is 6.54 Å². The minimum absolute atomic E-state index is 0.121. The van der Waals surface area contributed by atoms with Gasteiger partial charge in [-0.3, -0.25) is 9.59 Å². The quantitative estimate of drug-likeness (QED) is 0.726. The molecule has 0 saturated heterocycles. The minimum atomic E-state index is -0.121. The molecule has 0 unspecified atom stereocenters. The summed E-state index contributed by atoms with van der Waals surface area (Å²) < 4.78 is 1.76. The Bertz CT molecular complexity index is 799. The van der Waals surface area contributed by atoms with E-state index >= 15 is 0 Å². The topological polar surface area (TPSA) is 54.9 Å². The van der Waals surface area contributed by atoms with Crippen LogP contribution >= 0.6 is 0 Å². The van der Waals surface area contributed by atoms with Gasteiger partial charge in [0, 0.05) is 17.3 Å². The zero-order chi connectivity index (χ0) is 13.2. The third kappa shape index (κ3) is 2.08. The Kier molecular flexibility index (Phi) is 2.76. The summed E-state index contributed by atoms with van der Waals surface area (Å²) in [5.41, 5.74) is 1.90. The normalized spacial score (nSPS) is 10.7. The molecule has 0 radical (unpaired) electrons. The van der Waals surface area contributed by atoms with E-state index in [0.717, 1.165) is 17.2 Å². The number of nitrogens with zero attached hydrogens (tertiary/aromatic N) is 1. The summed E-state index contributed by atoms with van der Waals surface area (Å²) in [6.07, 6.45) is 2.58. The predicted molar refractivity (Wildman–Crippen MR) is 73.5 cm³/mol. The summed E-state index contributed by atoms with van der Waals surface area (Å²) in [7, 11) is 0. The summed E-state index contributed by atoms with van der Waals surface area (Å²) >= 11 is 0. The van der Waals surface area contributed by atoms with E-state index in [1.54, 1.807) is 22.9 Å². The van der Waals surface area contributed by atoms with Gasteiger partial charge in [0.2, 0.25) is 0 Å². The second-order valence-electron chi connectivity index (χ2n) is 4.39. The highest BCUT2D eigenvalue weighted by Crippen LogP contribution is 2.11. The van der Waals surface area contributed by atoms with Crippen molar-refractivity contribution in [2.24, 2.45) is 0 Å². The summed E-state index contributed by atoms with van der Waals surface area (Å²) in [4.78, 5) is 25.7. The fourth-order valence-corrected chi connectivity index (χ4v) is 2.17. The van der Waals surface area contributed by atoms with Crippen molar-refractivity contribution >= 4 is 17.2 Å². The number of para-hydroxylation sites is 1. The van der Waals surface area contributed by atoms with Crippen molar-refractivity contribution in [2.75, 3.05) is 0 Å². The average Bonchev–Trinajstić information content (AvgIpc) is 2.87. The molecule has 0 spiro atoms. The number of carbonyl (C=O) groups is 1. The van der Waals surface area contributed by atoms with Crippen molar-refractivity contribution in [1.82, 2.24) is 9.55 Å². The van der Waals surface area contributed by atoms with Crippen LogP contribution in [0.25, 0.3) is 10.9 Å². The molecule has 3 aromatic rings. The van der Waals surface area contributed by atoms with E-state index in [9.17, 15) is 9.59 Å². The number of aromatic amines is 1. The highest BCUT2D eigenvalue weighted by Gasteiger charge is 2.05. The van der Waals surface area contributed by atoms with Gasteiger partial charge in [0.15, 0.2) is 6.29 Å². The lowest BCUT2D eigenvalue weighted by Gasteiger charge is -2.06. The van der Waals surface area contributed by atoms with Gasteiger partial charge < -0.3 is 9.55 Å². The first kappa shape index (κ1) is 11.5. The van der Waals surface area contributed by atoms with Crippen molar-refractivity contribution in [3.8, 4) is 0 Å². The summed E-state index contributed by atoms with van der Waals surface area (Å²) in [5, 5.41) is 0.983. The smallest absolute Gasteiger partial charge is 0.253 e. The molecular weight excluding hydrogens is 240 g/mol. The number of rotatable bonds is 3. The Labute approximate surface area is 109 Å². The molecule has 0 aliphatic carbocycles. The zero-order valence-corrected chi connectivity index (χ0v) is 10.2. The van der Waals surface area contributed by atoms with Crippen LogP contribution in [0.4, 0.5) is 0 Å². The van der Waals surface area contributed by atoms with Crippen LogP contribution in [-0.4, -0.2) is 15.8 Å². The maximum absolute atomic E-state index is 12.0. The molecule has 0 aliphatic rings. The SMILES string of the molecule is O=Cc1cccn1Cc1cc2ccccc2[nH]c1=O. The van der Waals surface area contributed by atoms with Crippen LogP contribution < -0.4 is 5.56 Å². The Hall–Kier alpha value is -2.62. The van der Waals surface area contributed by atoms with E-state index in [-0.39, 0.29) is 5.56 Å². The van der Waals surface area contributed by atoms with E-state index in [0.29, 0.717) is 17.8 Å². The lowest BCUT2D eigenvalue weighted by atomic mass is 10.1. The number of aromatic nitrogens is 2. The van der Waals surface area contributed by atoms with Gasteiger partial charge in [-0.1, -0.05) is 18.2 Å². The number of hydrogen-bond donors (Lipinski definition) is 1. The molecule has 19 heavy (non-hydrogen) atoms. The van der Waals surface area contributed by atoms with Gasteiger partial charge in [0.1, 0.15) is 0 Å². The van der Waals surface area contributed by atoms with Gasteiger partial charge in [-0.25, -0.2) is 0 Å². The number of fused-ring (bicyclic) bond motifs is 1. The molecule has 3 rings (SSSR count). The Morgan fingerprint density at radius 3 is 2.84 bits per heavy atom. The van der Waals surface area contributed by atoms with Crippen molar-refractivity contribution in [3.63, 3.8) is 0 Å². The van der Waals surface area contributed by atoms with Crippen LogP contribution in [0.1, 0.15) is 16.1 Å². The van der Waals surface area contributed by atoms with Crippen LogP contribution in [0.2, 0.25) is 0 Å². The molecule has 4 heteroatoms. The van der Waals surface area contributed by atoms with Crippen LogP contribution in [0.3, 0.4) is 0 Å². The van der Waals surface area contributed by atoms with Gasteiger partial charge in [-0.2, -0.15) is 0 Å². The lowest BCUT2D eigenvalue weighted by Crippen LogP contribution is -2.16. The van der Waals surface area contributed by atoms with E-state index in [2.05, 4.69) is 4.98 Å². The minimum Gasteiger partial charge on any atom is -0.341 e. The van der Waals surface area contributed by atoms with E-state index in [1.165, 1.54) is 0 Å². The first-order chi connectivity index (χ1) is 9.28. The number of H-pyrrole nitrogens is 1. The molecule has 94 valence electrons. The third-order valence-corrected chi connectivity index (χ3v) is 3.16. The molecule has 1 aromatic carbocycles. The summed E-state index contributed by atoms with van der Waals surface area (Å²) in [5.74, 6) is 0. The van der Waals surface area contributed by atoms with Crippen molar-refractivity contribution in [3.05, 3.63) is 70.3 Å². The van der Waals surface area contributed by atoms with Gasteiger partial charge >= 0.3 is 0 Å². The number of aldehydes is 1. The molecule has 1 N–H and O–H groups in total. The van der Waals surface area contributed by atoms with E-state index in [4.69, 9.17) is 0 Å². The molecule has 0 aliphatic heterocycles. The average molecular weight is 252 g/mol. The second-order valence-corrected chi connectivity index (χ2v) is 4.39. The largest absolute Gasteiger partial charge is 0.341 e. The number of hydrogen-bond acceptors (Lipinski definition) is 2. The number of nitrogens with one attached hydrogen (secondary N) is 1. The van der Waals surface area contributed by atoms with Crippen molar-refractivity contribution in [1.29, 1.82) is 0 Å². The third-order valence-electron chi connectivity index (χ3n) is 3.16. The van der Waals surface area contributed by atoms with Crippen LogP contribution in [0.5, 0.6) is 0 Å². The van der Waals surface area contributed by atoms with Gasteiger partial charge in [-0.05, 0) is 29.7 Å². The van der Waals surface area contributed by atoms with E-state index in [1.807, 2.05) is 30.3 Å². The Morgan fingerprint density at radius 1 is 1.16 bits per heavy atom. The number of pyridine rings is 1. The monoisotopic (exact) mass is 252 g/mol. The first-order valence-electron chi connectivity index (χ1n) is 5.99. The molecular formula is C15H12N2O2. The molecule has 2 aromatic heterocycles. The van der Waals surface area contributed by atoms with Gasteiger partial charge in [-0.15, -0.1) is 0 Å². The van der Waals surface area contributed by atoms with Crippen LogP contribution in [0, 0.1) is 0 Å². The maximum atomic E-state index is 12.0. The zero-order valence-electron chi connectivity index (χ0n) is 10.2. The summed E-state index contributed by atoms with van der Waals surface area (Å²) in [6.45, 7) is 0.390. The standard InChI is InChI=1S/C15H12N2O2/c18-10-13-5-3-7-17(13)9-12-8-11-4-1-2-6-14(11)16-15(12)19/h1-8,10H,9H2,(H,16,19). The fourth-order valence-electron chi connectivity index (χ4n) is 2.17. The Balaban J connectivity index is 2.08. The molecule has 0 fully saturated rings. The fraction of sp³-hybridized carbons (Fsp3) is 0.0667.